The molecule has 0 spiro atoms. The van der Waals surface area contributed by atoms with Gasteiger partial charge in [-0.2, -0.15) is 4.31 Å². The third kappa shape index (κ3) is 3.18. The summed E-state index contributed by atoms with van der Waals surface area (Å²) in [5.74, 6) is 1.48. The van der Waals surface area contributed by atoms with Crippen molar-refractivity contribution in [3.05, 3.63) is 52.1 Å². The Hall–Kier alpha value is -2.05. The van der Waals surface area contributed by atoms with Crippen LogP contribution in [-0.2, 0) is 16.4 Å². The van der Waals surface area contributed by atoms with E-state index in [0.29, 0.717) is 36.8 Å². The molecule has 0 saturated carbocycles. The number of aryl methyl sites for hydroxylation is 3. The van der Waals surface area contributed by atoms with Crippen LogP contribution in [0.3, 0.4) is 0 Å². The third-order valence-corrected chi connectivity index (χ3v) is 7.94. The van der Waals surface area contributed by atoms with Gasteiger partial charge in [0.15, 0.2) is 11.5 Å². The maximum atomic E-state index is 13.6. The summed E-state index contributed by atoms with van der Waals surface area (Å²) in [4.78, 5) is 0.433. The third-order valence-electron chi connectivity index (χ3n) is 5.66. The van der Waals surface area contributed by atoms with Crippen LogP contribution in [0.1, 0.15) is 47.2 Å². The Kier molecular flexibility index (Phi) is 4.88. The van der Waals surface area contributed by atoms with Crippen molar-refractivity contribution < 1.29 is 17.9 Å². The zero-order valence-electron chi connectivity index (χ0n) is 16.9. The average Bonchev–Trinajstić information content (AvgIpc) is 2.84. The van der Waals surface area contributed by atoms with Crippen molar-refractivity contribution in [3.8, 4) is 11.5 Å². The summed E-state index contributed by atoms with van der Waals surface area (Å²) in [5, 5.41) is 0. The van der Waals surface area contributed by atoms with Crippen molar-refractivity contribution in [2.45, 2.75) is 51.5 Å². The van der Waals surface area contributed by atoms with E-state index in [2.05, 4.69) is 0 Å². The molecule has 2 aromatic carbocycles. The summed E-state index contributed by atoms with van der Waals surface area (Å²) in [7, 11) is -3.60. The number of sulfonamides is 1. The molecule has 5 nitrogen and oxygen atoms in total. The van der Waals surface area contributed by atoms with Gasteiger partial charge in [-0.15, -0.1) is 0 Å². The zero-order valence-corrected chi connectivity index (χ0v) is 17.7. The fourth-order valence-corrected chi connectivity index (χ4v) is 6.50. The minimum atomic E-state index is -3.60. The Morgan fingerprint density at radius 1 is 0.964 bits per heavy atom. The monoisotopic (exact) mass is 401 g/mol. The van der Waals surface area contributed by atoms with E-state index >= 15 is 0 Å². The summed E-state index contributed by atoms with van der Waals surface area (Å²) in [6.07, 6.45) is 1.51. The lowest BCUT2D eigenvalue weighted by atomic mass is 9.94. The molecule has 0 unspecified atom stereocenters. The van der Waals surface area contributed by atoms with Crippen molar-refractivity contribution in [3.63, 3.8) is 0 Å². The molecule has 4 rings (SSSR count). The molecule has 28 heavy (non-hydrogen) atoms. The molecular weight excluding hydrogens is 374 g/mol. The van der Waals surface area contributed by atoms with Gasteiger partial charge in [0.1, 0.15) is 0 Å². The number of rotatable bonds is 2. The molecule has 0 saturated heterocycles. The van der Waals surface area contributed by atoms with Crippen molar-refractivity contribution in [1.82, 2.24) is 4.31 Å². The number of ether oxygens (including phenoxy) is 2. The van der Waals surface area contributed by atoms with Crippen LogP contribution in [0.5, 0.6) is 11.5 Å². The number of hydrogen-bond donors (Lipinski definition) is 0. The van der Waals surface area contributed by atoms with Crippen molar-refractivity contribution >= 4 is 10.0 Å². The molecule has 0 aromatic heterocycles. The van der Waals surface area contributed by atoms with Gasteiger partial charge in [0.2, 0.25) is 10.0 Å². The first-order chi connectivity index (χ1) is 13.3. The van der Waals surface area contributed by atoms with Crippen LogP contribution in [0.15, 0.2) is 29.2 Å². The lowest BCUT2D eigenvalue weighted by Gasteiger charge is -2.35. The van der Waals surface area contributed by atoms with Crippen LogP contribution in [0.25, 0.3) is 0 Å². The Bertz CT molecular complexity index is 1010. The molecule has 0 aliphatic carbocycles. The van der Waals surface area contributed by atoms with E-state index in [9.17, 15) is 8.42 Å². The molecule has 0 radical (unpaired) electrons. The fourth-order valence-electron chi connectivity index (χ4n) is 4.47. The molecule has 2 aliphatic rings. The van der Waals surface area contributed by atoms with Crippen molar-refractivity contribution in [2.75, 3.05) is 19.8 Å². The first-order valence-corrected chi connectivity index (χ1v) is 11.2. The van der Waals surface area contributed by atoms with Gasteiger partial charge in [-0.25, -0.2) is 8.42 Å². The predicted octanol–water partition coefficient (Wildman–Crippen LogP) is 4.08. The van der Waals surface area contributed by atoms with Gasteiger partial charge >= 0.3 is 0 Å². The number of benzene rings is 2. The van der Waals surface area contributed by atoms with Crippen molar-refractivity contribution in [2.24, 2.45) is 0 Å². The van der Waals surface area contributed by atoms with Crippen LogP contribution in [0, 0.1) is 20.8 Å². The summed E-state index contributed by atoms with van der Waals surface area (Å²) in [6, 6.07) is 7.61. The van der Waals surface area contributed by atoms with Crippen LogP contribution < -0.4 is 9.47 Å². The van der Waals surface area contributed by atoms with Crippen LogP contribution in [-0.4, -0.2) is 32.5 Å². The van der Waals surface area contributed by atoms with E-state index in [4.69, 9.17) is 9.47 Å². The quantitative estimate of drug-likeness (QED) is 0.761. The number of nitrogens with zero attached hydrogens (tertiary/aromatic N) is 1. The molecule has 2 heterocycles. The van der Waals surface area contributed by atoms with Gasteiger partial charge in [0.05, 0.1) is 18.1 Å². The molecule has 0 amide bonds. The number of hydrogen-bond acceptors (Lipinski definition) is 4. The zero-order chi connectivity index (χ0) is 20.1. The second kappa shape index (κ2) is 7.08. The SMILES string of the molecule is Cc1cc(C)c(S(=O)(=O)N2CCc3cc4c(cc3[C@H]2C)OCCCO4)c(C)c1. The molecule has 1 atom stereocenters. The molecule has 2 aromatic rings. The normalized spacial score (nSPS) is 19.8. The summed E-state index contributed by atoms with van der Waals surface area (Å²) in [6.45, 7) is 9.42. The highest BCUT2D eigenvalue weighted by Crippen LogP contribution is 2.41. The van der Waals surface area contributed by atoms with Crippen LogP contribution >= 0.6 is 0 Å². The predicted molar refractivity (Wildman–Crippen MR) is 109 cm³/mol. The largest absolute Gasteiger partial charge is 0.490 e. The smallest absolute Gasteiger partial charge is 0.244 e. The second-order valence-corrected chi connectivity index (χ2v) is 9.65. The fraction of sp³-hybridized carbons (Fsp3) is 0.455. The molecule has 6 heteroatoms. The Morgan fingerprint density at radius 2 is 1.57 bits per heavy atom. The molecule has 2 aliphatic heterocycles. The van der Waals surface area contributed by atoms with E-state index in [1.807, 2.05) is 52.0 Å². The maximum Gasteiger partial charge on any atom is 0.244 e. The van der Waals surface area contributed by atoms with Crippen molar-refractivity contribution in [1.29, 1.82) is 0 Å². The Labute approximate surface area is 167 Å². The highest BCUT2D eigenvalue weighted by molar-refractivity contribution is 7.89. The van der Waals surface area contributed by atoms with Gasteiger partial charge in [-0.1, -0.05) is 17.7 Å². The standard InChI is InChI=1S/C22H27NO4S/c1-14-10-15(2)22(16(3)11-14)28(24,25)23-7-6-18-12-20-21(13-19(18)17(23)4)27-9-5-8-26-20/h10-13,17H,5-9H2,1-4H3/t17-/m1/s1. The first-order valence-electron chi connectivity index (χ1n) is 9.81. The molecule has 0 bridgehead atoms. The highest BCUT2D eigenvalue weighted by Gasteiger charge is 2.36. The summed E-state index contributed by atoms with van der Waals surface area (Å²) in [5.41, 5.74) is 4.82. The van der Waals surface area contributed by atoms with Gasteiger partial charge in [0.25, 0.3) is 0 Å². The molecule has 0 N–H and O–H groups in total. The molecule has 0 fully saturated rings. The average molecular weight is 402 g/mol. The summed E-state index contributed by atoms with van der Waals surface area (Å²) < 4.78 is 40.4. The van der Waals surface area contributed by atoms with E-state index in [1.54, 1.807) is 4.31 Å². The lowest BCUT2D eigenvalue weighted by Crippen LogP contribution is -2.39. The van der Waals surface area contributed by atoms with Crippen LogP contribution in [0.4, 0.5) is 0 Å². The summed E-state index contributed by atoms with van der Waals surface area (Å²) >= 11 is 0. The highest BCUT2D eigenvalue weighted by atomic mass is 32.2. The van der Waals surface area contributed by atoms with Gasteiger partial charge < -0.3 is 9.47 Å². The lowest BCUT2D eigenvalue weighted by molar-refractivity contribution is 0.296. The topological polar surface area (TPSA) is 55.8 Å². The molecular formula is C22H27NO4S. The molecule has 150 valence electrons. The Balaban J connectivity index is 1.75. The minimum absolute atomic E-state index is 0.258. The second-order valence-electron chi connectivity index (χ2n) is 7.82. The van der Waals surface area contributed by atoms with E-state index < -0.39 is 10.0 Å². The first kappa shape index (κ1) is 19.3. The van der Waals surface area contributed by atoms with Gasteiger partial charge in [0, 0.05) is 19.0 Å². The van der Waals surface area contributed by atoms with E-state index in [-0.39, 0.29) is 6.04 Å². The van der Waals surface area contributed by atoms with E-state index in [0.717, 1.165) is 40.0 Å². The van der Waals surface area contributed by atoms with Gasteiger partial charge in [-0.05, 0) is 68.5 Å². The maximum absolute atomic E-state index is 13.6. The van der Waals surface area contributed by atoms with Crippen LogP contribution in [0.2, 0.25) is 0 Å². The number of fused-ring (bicyclic) bond motifs is 2. The Morgan fingerprint density at radius 3 is 2.21 bits per heavy atom. The van der Waals surface area contributed by atoms with Gasteiger partial charge in [-0.3, -0.25) is 0 Å². The minimum Gasteiger partial charge on any atom is -0.490 e. The van der Waals surface area contributed by atoms with E-state index in [1.165, 1.54) is 0 Å².